The summed E-state index contributed by atoms with van der Waals surface area (Å²) in [6.45, 7) is 3.88. The zero-order valence-corrected chi connectivity index (χ0v) is 19.2. The summed E-state index contributed by atoms with van der Waals surface area (Å²) in [7, 11) is 0. The summed E-state index contributed by atoms with van der Waals surface area (Å²) in [5.41, 5.74) is -0.0518. The SMILES string of the molecule is CC1(C)[C@H](C(=O)O[C@H](C#N)c2ccc(F)c(Oc3cccc(F)c3)c2)[C@@H]1C=C(Br)Br. The van der Waals surface area contributed by atoms with Crippen LogP contribution in [0.25, 0.3) is 0 Å². The van der Waals surface area contributed by atoms with Crippen LogP contribution >= 0.6 is 31.9 Å². The third-order valence-corrected chi connectivity index (χ3v) is 5.63. The van der Waals surface area contributed by atoms with Crippen molar-refractivity contribution in [2.24, 2.45) is 17.3 Å². The van der Waals surface area contributed by atoms with Crippen molar-refractivity contribution < 1.29 is 23.0 Å². The molecule has 3 rings (SSSR count). The van der Waals surface area contributed by atoms with E-state index < -0.39 is 29.6 Å². The number of benzene rings is 2. The van der Waals surface area contributed by atoms with Crippen molar-refractivity contribution >= 4 is 37.8 Å². The summed E-state index contributed by atoms with van der Waals surface area (Å²) >= 11 is 6.58. The largest absolute Gasteiger partial charge is 0.454 e. The van der Waals surface area contributed by atoms with Crippen LogP contribution in [-0.4, -0.2) is 5.97 Å². The van der Waals surface area contributed by atoms with Crippen LogP contribution in [0.4, 0.5) is 8.78 Å². The summed E-state index contributed by atoms with van der Waals surface area (Å²) in [6.07, 6.45) is 0.636. The maximum Gasteiger partial charge on any atom is 0.311 e. The number of ether oxygens (including phenoxy) is 2. The van der Waals surface area contributed by atoms with Gasteiger partial charge in [-0.1, -0.05) is 32.1 Å². The number of nitriles is 1. The predicted octanol–water partition coefficient (Wildman–Crippen LogP) is 6.77. The molecule has 2 aromatic carbocycles. The van der Waals surface area contributed by atoms with Gasteiger partial charge in [0.25, 0.3) is 0 Å². The second-order valence-corrected chi connectivity index (χ2v) is 10.2. The normalized spacial score (nSPS) is 19.9. The highest BCUT2D eigenvalue weighted by Gasteiger charge is 2.61. The van der Waals surface area contributed by atoms with Crippen molar-refractivity contribution in [3.05, 3.63) is 69.1 Å². The van der Waals surface area contributed by atoms with Crippen LogP contribution in [-0.2, 0) is 9.53 Å². The van der Waals surface area contributed by atoms with Crippen LogP contribution in [0.15, 0.2) is 51.9 Å². The third kappa shape index (κ3) is 4.90. The molecule has 0 unspecified atom stereocenters. The van der Waals surface area contributed by atoms with Crippen molar-refractivity contribution in [1.82, 2.24) is 0 Å². The van der Waals surface area contributed by atoms with Gasteiger partial charge in [0.15, 0.2) is 11.6 Å². The number of hydrogen-bond donors (Lipinski definition) is 0. The Hall–Kier alpha value is -2.24. The highest BCUT2D eigenvalue weighted by Crippen LogP contribution is 2.60. The maximum atomic E-state index is 14.2. The van der Waals surface area contributed by atoms with Gasteiger partial charge in [-0.25, -0.2) is 8.78 Å². The summed E-state index contributed by atoms with van der Waals surface area (Å²) < 4.78 is 39.1. The van der Waals surface area contributed by atoms with Crippen LogP contribution < -0.4 is 4.74 Å². The Labute approximate surface area is 189 Å². The molecular formula is C22H17Br2F2NO3. The number of halogens is 4. The molecule has 1 aliphatic carbocycles. The molecule has 0 spiro atoms. The van der Waals surface area contributed by atoms with Gasteiger partial charge in [0.1, 0.15) is 17.6 Å². The number of allylic oxidation sites excluding steroid dienone is 1. The number of esters is 1. The molecular weight excluding hydrogens is 524 g/mol. The lowest BCUT2D eigenvalue weighted by atomic mass is 10.1. The molecule has 0 saturated heterocycles. The first-order valence-electron chi connectivity index (χ1n) is 8.99. The predicted molar refractivity (Wildman–Crippen MR) is 114 cm³/mol. The number of rotatable bonds is 6. The Morgan fingerprint density at radius 2 is 1.97 bits per heavy atom. The van der Waals surface area contributed by atoms with E-state index in [0.717, 1.165) is 15.5 Å². The highest BCUT2D eigenvalue weighted by atomic mass is 79.9. The molecule has 0 bridgehead atoms. The van der Waals surface area contributed by atoms with Gasteiger partial charge in [0.05, 0.1) is 9.31 Å². The highest BCUT2D eigenvalue weighted by molar-refractivity contribution is 9.28. The lowest BCUT2D eigenvalue weighted by molar-refractivity contribution is -0.149. The maximum absolute atomic E-state index is 14.2. The van der Waals surface area contributed by atoms with E-state index in [9.17, 15) is 18.8 Å². The molecule has 0 aromatic heterocycles. The van der Waals surface area contributed by atoms with Gasteiger partial charge in [0, 0.05) is 11.6 Å². The molecule has 2 aromatic rings. The smallest absolute Gasteiger partial charge is 0.311 e. The molecule has 4 nitrogen and oxygen atoms in total. The number of nitrogens with zero attached hydrogens (tertiary/aromatic N) is 1. The molecule has 0 heterocycles. The Morgan fingerprint density at radius 3 is 2.60 bits per heavy atom. The molecule has 1 aliphatic rings. The Morgan fingerprint density at radius 1 is 1.23 bits per heavy atom. The van der Waals surface area contributed by atoms with Crippen molar-refractivity contribution in [2.75, 3.05) is 0 Å². The van der Waals surface area contributed by atoms with E-state index in [0.29, 0.717) is 0 Å². The van der Waals surface area contributed by atoms with E-state index >= 15 is 0 Å². The average Bonchev–Trinajstić information content (AvgIpc) is 3.20. The number of hydrogen-bond acceptors (Lipinski definition) is 4. The van der Waals surface area contributed by atoms with Crippen LogP contribution in [0.2, 0.25) is 0 Å². The molecule has 8 heteroatoms. The lowest BCUT2D eigenvalue weighted by Crippen LogP contribution is -2.14. The lowest BCUT2D eigenvalue weighted by Gasteiger charge is -2.14. The molecule has 0 radical (unpaired) electrons. The van der Waals surface area contributed by atoms with Crippen LogP contribution in [0.5, 0.6) is 11.5 Å². The monoisotopic (exact) mass is 539 g/mol. The minimum absolute atomic E-state index is 0.0433. The second kappa shape index (κ2) is 8.86. The van der Waals surface area contributed by atoms with Crippen LogP contribution in [0.1, 0.15) is 25.5 Å². The fraction of sp³-hybridized carbons (Fsp3) is 0.273. The van der Waals surface area contributed by atoms with Gasteiger partial charge >= 0.3 is 5.97 Å². The minimum atomic E-state index is -1.23. The van der Waals surface area contributed by atoms with E-state index in [4.69, 9.17) is 9.47 Å². The number of carbonyl (C=O) groups is 1. The minimum Gasteiger partial charge on any atom is -0.454 e. The van der Waals surface area contributed by atoms with Gasteiger partial charge < -0.3 is 9.47 Å². The molecule has 3 atom stereocenters. The van der Waals surface area contributed by atoms with Gasteiger partial charge in [-0.2, -0.15) is 5.26 Å². The second-order valence-electron chi connectivity index (χ2n) is 7.48. The molecule has 1 saturated carbocycles. The first kappa shape index (κ1) is 22.4. The van der Waals surface area contributed by atoms with Crippen LogP contribution in [0.3, 0.4) is 0 Å². The van der Waals surface area contributed by atoms with Gasteiger partial charge in [-0.15, -0.1) is 0 Å². The zero-order valence-electron chi connectivity index (χ0n) is 16.0. The fourth-order valence-electron chi connectivity index (χ4n) is 3.35. The average molecular weight is 541 g/mol. The first-order chi connectivity index (χ1) is 14.1. The van der Waals surface area contributed by atoms with E-state index in [1.807, 2.05) is 26.0 Å². The summed E-state index contributed by atoms with van der Waals surface area (Å²) in [4.78, 5) is 12.7. The molecule has 0 amide bonds. The van der Waals surface area contributed by atoms with E-state index in [2.05, 4.69) is 31.9 Å². The Balaban J connectivity index is 1.78. The summed E-state index contributed by atoms with van der Waals surface area (Å²) in [5.74, 6) is -2.28. The summed E-state index contributed by atoms with van der Waals surface area (Å²) in [5, 5.41) is 9.52. The summed E-state index contributed by atoms with van der Waals surface area (Å²) in [6, 6.07) is 10.9. The molecule has 0 aliphatic heterocycles. The molecule has 1 fully saturated rings. The van der Waals surface area contributed by atoms with E-state index in [-0.39, 0.29) is 28.4 Å². The standard InChI is InChI=1S/C22H17Br2F2NO3/c1-22(2)15(10-19(23)24)20(22)21(28)30-18(11-27)12-6-7-16(26)17(8-12)29-14-5-3-4-13(25)9-14/h3-10,15,18,20H,1-2H3/t15-,18+,20-/m0/s1. The zero-order chi connectivity index (χ0) is 22.1. The van der Waals surface area contributed by atoms with Gasteiger partial charge in [-0.3, -0.25) is 4.79 Å². The third-order valence-electron chi connectivity index (χ3n) is 5.10. The molecule has 30 heavy (non-hydrogen) atoms. The number of carbonyl (C=O) groups excluding carboxylic acids is 1. The van der Waals surface area contributed by atoms with E-state index in [1.165, 1.54) is 30.3 Å². The van der Waals surface area contributed by atoms with Crippen molar-refractivity contribution in [1.29, 1.82) is 5.26 Å². The first-order valence-corrected chi connectivity index (χ1v) is 10.6. The van der Waals surface area contributed by atoms with E-state index in [1.54, 1.807) is 0 Å². The fourth-order valence-corrected chi connectivity index (χ4v) is 3.92. The van der Waals surface area contributed by atoms with Gasteiger partial charge in [-0.05, 0) is 67.5 Å². The molecule has 0 N–H and O–H groups in total. The Bertz CT molecular complexity index is 1040. The molecule has 156 valence electrons. The quantitative estimate of drug-likeness (QED) is 0.379. The Kier molecular flexibility index (Phi) is 6.63. The van der Waals surface area contributed by atoms with Crippen molar-refractivity contribution in [2.45, 2.75) is 20.0 Å². The van der Waals surface area contributed by atoms with Crippen molar-refractivity contribution in [3.63, 3.8) is 0 Å². The van der Waals surface area contributed by atoms with Crippen LogP contribution in [0, 0.1) is 40.2 Å². The van der Waals surface area contributed by atoms with Gasteiger partial charge in [0.2, 0.25) is 6.10 Å². The van der Waals surface area contributed by atoms with Crippen molar-refractivity contribution in [3.8, 4) is 17.6 Å². The topological polar surface area (TPSA) is 59.3 Å².